The lowest BCUT2D eigenvalue weighted by Crippen LogP contribution is -2.05. The Morgan fingerprint density at radius 3 is 3.00 bits per heavy atom. The summed E-state index contributed by atoms with van der Waals surface area (Å²) in [5, 5.41) is 0. The molecule has 0 radical (unpaired) electrons. The van der Waals surface area contributed by atoms with E-state index in [1.807, 2.05) is 25.2 Å². The van der Waals surface area contributed by atoms with E-state index < -0.39 is 0 Å². The van der Waals surface area contributed by atoms with Crippen molar-refractivity contribution in [3.8, 4) is 0 Å². The van der Waals surface area contributed by atoms with Crippen molar-refractivity contribution >= 4 is 5.78 Å². The van der Waals surface area contributed by atoms with Gasteiger partial charge < -0.3 is 4.74 Å². The highest BCUT2D eigenvalue weighted by Gasteiger charge is 2.07. The summed E-state index contributed by atoms with van der Waals surface area (Å²) in [4.78, 5) is 11.3. The molecule has 0 spiro atoms. The number of carbonyl (C=O) groups excluding carboxylic acids is 1. The topological polar surface area (TPSA) is 26.3 Å². The van der Waals surface area contributed by atoms with E-state index in [1.54, 1.807) is 12.2 Å². The summed E-state index contributed by atoms with van der Waals surface area (Å²) >= 11 is 0. The third-order valence-electron chi connectivity index (χ3n) is 1.48. The van der Waals surface area contributed by atoms with Crippen molar-refractivity contribution in [2.45, 2.75) is 13.3 Å². The summed E-state index contributed by atoms with van der Waals surface area (Å²) in [5.74, 6) is 0.496. The van der Waals surface area contributed by atoms with Crippen LogP contribution in [0.2, 0.25) is 0 Å². The molecule has 0 saturated heterocycles. The number of ketones is 1. The lowest BCUT2D eigenvalue weighted by Gasteiger charge is -2.05. The first kappa shape index (κ1) is 8.78. The molecule has 0 N–H and O–H groups in total. The molecular formula is C10H12O2. The van der Waals surface area contributed by atoms with Crippen LogP contribution in [0.3, 0.4) is 0 Å². The molecule has 0 aliphatic heterocycles. The maximum absolute atomic E-state index is 11.3. The number of carbonyl (C=O) groups is 1. The van der Waals surface area contributed by atoms with Crippen LogP contribution >= 0.6 is 0 Å². The Morgan fingerprint density at radius 1 is 1.42 bits per heavy atom. The highest BCUT2D eigenvalue weighted by molar-refractivity contribution is 5.94. The molecule has 64 valence electrons. The van der Waals surface area contributed by atoms with Gasteiger partial charge in [0.05, 0.1) is 6.61 Å². The first-order chi connectivity index (χ1) is 5.84. The number of ether oxygens (including phenoxy) is 1. The highest BCUT2D eigenvalue weighted by Crippen LogP contribution is 2.06. The Labute approximate surface area is 72.2 Å². The van der Waals surface area contributed by atoms with E-state index in [4.69, 9.17) is 4.74 Å². The summed E-state index contributed by atoms with van der Waals surface area (Å²) in [6.07, 6.45) is 9.50. The average molecular weight is 164 g/mol. The van der Waals surface area contributed by atoms with Crippen molar-refractivity contribution in [1.82, 2.24) is 0 Å². The standard InChI is InChI=1S/C10H12O2/c1-2-12-10-8-6-4-3-5-7-9(10)11/h3-6,8H,2,7H2,1H3/b5-3-,6-4-,10-8+. The Bertz CT molecular complexity index is 247. The van der Waals surface area contributed by atoms with Crippen LogP contribution in [-0.4, -0.2) is 12.4 Å². The fraction of sp³-hybridized carbons (Fsp3) is 0.300. The van der Waals surface area contributed by atoms with Crippen molar-refractivity contribution in [3.63, 3.8) is 0 Å². The van der Waals surface area contributed by atoms with Crippen LogP contribution in [0, 0.1) is 0 Å². The molecule has 0 saturated carbocycles. The molecule has 2 nitrogen and oxygen atoms in total. The van der Waals surface area contributed by atoms with Crippen LogP contribution in [-0.2, 0) is 9.53 Å². The largest absolute Gasteiger partial charge is 0.490 e. The van der Waals surface area contributed by atoms with Gasteiger partial charge in [-0.05, 0) is 13.0 Å². The fourth-order valence-electron chi connectivity index (χ4n) is 0.938. The highest BCUT2D eigenvalue weighted by atomic mass is 16.5. The summed E-state index contributed by atoms with van der Waals surface area (Å²) in [6.45, 7) is 2.40. The first-order valence-electron chi connectivity index (χ1n) is 4.04. The van der Waals surface area contributed by atoms with Gasteiger partial charge in [0.1, 0.15) is 0 Å². The molecule has 2 heteroatoms. The first-order valence-corrected chi connectivity index (χ1v) is 4.04. The van der Waals surface area contributed by atoms with E-state index in [-0.39, 0.29) is 5.78 Å². The third kappa shape index (κ3) is 2.38. The molecule has 0 bridgehead atoms. The van der Waals surface area contributed by atoms with E-state index >= 15 is 0 Å². The molecule has 0 aromatic heterocycles. The Hall–Kier alpha value is -1.31. The minimum Gasteiger partial charge on any atom is -0.490 e. The van der Waals surface area contributed by atoms with Gasteiger partial charge in [0.25, 0.3) is 0 Å². The van der Waals surface area contributed by atoms with Crippen molar-refractivity contribution in [3.05, 3.63) is 36.1 Å². The minimum absolute atomic E-state index is 0.0393. The zero-order valence-corrected chi connectivity index (χ0v) is 7.12. The SMILES string of the molecule is CCO/C1=C/C=C\C=C/CC1=O. The number of Topliss-reactive ketones (excluding diaryl/α,β-unsaturated/α-hetero) is 1. The van der Waals surface area contributed by atoms with Crippen molar-refractivity contribution in [2.24, 2.45) is 0 Å². The summed E-state index contributed by atoms with van der Waals surface area (Å²) in [7, 11) is 0. The van der Waals surface area contributed by atoms with Crippen molar-refractivity contribution in [2.75, 3.05) is 6.61 Å². The summed E-state index contributed by atoms with van der Waals surface area (Å²) in [6, 6.07) is 0. The van der Waals surface area contributed by atoms with Crippen LogP contribution in [0.4, 0.5) is 0 Å². The van der Waals surface area contributed by atoms with Gasteiger partial charge in [0, 0.05) is 6.42 Å². The van der Waals surface area contributed by atoms with Crippen LogP contribution in [0.5, 0.6) is 0 Å². The number of hydrogen-bond acceptors (Lipinski definition) is 2. The summed E-state index contributed by atoms with van der Waals surface area (Å²) in [5.41, 5.74) is 0. The van der Waals surface area contributed by atoms with Crippen LogP contribution in [0.1, 0.15) is 13.3 Å². The molecule has 1 aliphatic carbocycles. The Kier molecular flexibility index (Phi) is 3.33. The maximum atomic E-state index is 11.3. The van der Waals surface area contributed by atoms with Crippen LogP contribution < -0.4 is 0 Å². The predicted octanol–water partition coefficient (Wildman–Crippen LogP) is 1.99. The van der Waals surface area contributed by atoms with Gasteiger partial charge in [-0.1, -0.05) is 24.3 Å². The zero-order valence-electron chi connectivity index (χ0n) is 7.12. The second kappa shape index (κ2) is 4.54. The molecule has 0 fully saturated rings. The van der Waals surface area contributed by atoms with E-state index in [0.29, 0.717) is 18.8 Å². The molecule has 0 unspecified atom stereocenters. The molecule has 0 heterocycles. The van der Waals surface area contributed by atoms with Gasteiger partial charge in [-0.2, -0.15) is 0 Å². The van der Waals surface area contributed by atoms with E-state index in [1.165, 1.54) is 0 Å². The van der Waals surface area contributed by atoms with Gasteiger partial charge in [-0.15, -0.1) is 0 Å². The second-order valence-electron chi connectivity index (χ2n) is 2.40. The minimum atomic E-state index is 0.0393. The zero-order chi connectivity index (χ0) is 8.81. The van der Waals surface area contributed by atoms with E-state index in [0.717, 1.165) is 0 Å². The third-order valence-corrected chi connectivity index (χ3v) is 1.48. The van der Waals surface area contributed by atoms with Crippen LogP contribution in [0.15, 0.2) is 36.1 Å². The van der Waals surface area contributed by atoms with E-state index in [9.17, 15) is 4.79 Å². The van der Waals surface area contributed by atoms with Gasteiger partial charge in [0.2, 0.25) is 5.78 Å². The van der Waals surface area contributed by atoms with Gasteiger partial charge >= 0.3 is 0 Å². The predicted molar refractivity (Wildman–Crippen MR) is 47.6 cm³/mol. The number of allylic oxidation sites excluding steroid dienone is 6. The molecule has 0 amide bonds. The smallest absolute Gasteiger partial charge is 0.201 e. The van der Waals surface area contributed by atoms with Gasteiger partial charge in [-0.3, -0.25) is 4.79 Å². The molecule has 0 aromatic rings. The Balaban J connectivity index is 2.74. The maximum Gasteiger partial charge on any atom is 0.201 e. The lowest BCUT2D eigenvalue weighted by atomic mass is 10.2. The molecule has 1 aliphatic rings. The fourth-order valence-corrected chi connectivity index (χ4v) is 0.938. The lowest BCUT2D eigenvalue weighted by molar-refractivity contribution is -0.118. The Morgan fingerprint density at radius 2 is 2.25 bits per heavy atom. The molecule has 0 atom stereocenters. The normalized spacial score (nSPS) is 26.4. The second-order valence-corrected chi connectivity index (χ2v) is 2.40. The molecule has 1 rings (SSSR count). The molecular weight excluding hydrogens is 152 g/mol. The average Bonchev–Trinajstić information content (AvgIpc) is 2.05. The van der Waals surface area contributed by atoms with Crippen molar-refractivity contribution in [1.29, 1.82) is 0 Å². The van der Waals surface area contributed by atoms with Gasteiger partial charge in [-0.25, -0.2) is 0 Å². The number of hydrogen-bond donors (Lipinski definition) is 0. The van der Waals surface area contributed by atoms with Crippen molar-refractivity contribution < 1.29 is 9.53 Å². The van der Waals surface area contributed by atoms with Gasteiger partial charge in [0.15, 0.2) is 5.76 Å². The van der Waals surface area contributed by atoms with Crippen LogP contribution in [0.25, 0.3) is 0 Å². The quantitative estimate of drug-likeness (QED) is 0.624. The molecule has 0 aromatic carbocycles. The monoisotopic (exact) mass is 164 g/mol. The number of rotatable bonds is 2. The van der Waals surface area contributed by atoms with E-state index in [2.05, 4.69) is 0 Å². The molecule has 12 heavy (non-hydrogen) atoms. The summed E-state index contributed by atoms with van der Waals surface area (Å²) < 4.78 is 5.16.